The largest absolute Gasteiger partial charge is 0.391 e. The quantitative estimate of drug-likeness (QED) is 0.910. The summed E-state index contributed by atoms with van der Waals surface area (Å²) < 4.78 is 26.5. The molecule has 1 fully saturated rings. The minimum atomic E-state index is -3.35. The number of hydrogen-bond acceptors (Lipinski definition) is 4. The van der Waals surface area contributed by atoms with Crippen molar-refractivity contribution in [2.45, 2.75) is 24.7 Å². The molecule has 1 saturated heterocycles. The second kappa shape index (κ2) is 4.68. The lowest BCUT2D eigenvalue weighted by atomic mass is 10.0. The molecule has 1 aromatic heterocycles. The number of rotatable bonds is 3. The van der Waals surface area contributed by atoms with Crippen molar-refractivity contribution in [2.75, 3.05) is 13.1 Å². The van der Waals surface area contributed by atoms with E-state index in [2.05, 4.69) is 13.8 Å². The normalized spacial score (nSPS) is 26.5. The monoisotopic (exact) mass is 275 g/mol. The predicted octanol–water partition coefficient (Wildman–Crippen LogP) is 1.52. The molecule has 0 amide bonds. The zero-order chi connectivity index (χ0) is 12.6. The van der Waals surface area contributed by atoms with E-state index in [4.69, 9.17) is 5.11 Å². The zero-order valence-corrected chi connectivity index (χ0v) is 11.6. The van der Waals surface area contributed by atoms with Gasteiger partial charge in [-0.3, -0.25) is 0 Å². The Morgan fingerprint density at radius 2 is 1.94 bits per heavy atom. The van der Waals surface area contributed by atoms with Gasteiger partial charge in [0.25, 0.3) is 10.0 Å². The maximum Gasteiger partial charge on any atom is 0.252 e. The van der Waals surface area contributed by atoms with Gasteiger partial charge in [-0.15, -0.1) is 11.3 Å². The van der Waals surface area contributed by atoms with E-state index in [1.807, 2.05) is 0 Å². The Bertz CT molecular complexity index is 485. The summed E-state index contributed by atoms with van der Waals surface area (Å²) in [7, 11) is -3.35. The molecule has 2 rings (SSSR count). The lowest BCUT2D eigenvalue weighted by Gasteiger charge is -2.14. The van der Waals surface area contributed by atoms with Crippen molar-refractivity contribution < 1.29 is 13.5 Å². The Kier molecular flexibility index (Phi) is 3.58. The summed E-state index contributed by atoms with van der Waals surface area (Å²) in [5.41, 5.74) is 0. The molecule has 0 saturated carbocycles. The van der Waals surface area contributed by atoms with Gasteiger partial charge in [0, 0.05) is 18.0 Å². The van der Waals surface area contributed by atoms with Gasteiger partial charge in [-0.25, -0.2) is 8.42 Å². The number of hydrogen-bond donors (Lipinski definition) is 1. The highest BCUT2D eigenvalue weighted by molar-refractivity contribution is 7.91. The van der Waals surface area contributed by atoms with E-state index < -0.39 is 10.0 Å². The second-order valence-electron chi connectivity index (χ2n) is 4.66. The zero-order valence-electron chi connectivity index (χ0n) is 9.96. The molecule has 1 N–H and O–H groups in total. The lowest BCUT2D eigenvalue weighted by molar-refractivity contribution is 0.285. The Hall–Kier alpha value is -0.430. The van der Waals surface area contributed by atoms with Gasteiger partial charge in [0.1, 0.15) is 4.21 Å². The SMILES string of the molecule is CC1CN(S(=O)(=O)c2ccc(CO)s2)CC1C. The average Bonchev–Trinajstić information content (AvgIpc) is 2.87. The van der Waals surface area contributed by atoms with Gasteiger partial charge < -0.3 is 5.11 Å². The van der Waals surface area contributed by atoms with Crippen LogP contribution in [0, 0.1) is 11.8 Å². The molecule has 17 heavy (non-hydrogen) atoms. The predicted molar refractivity (Wildman–Crippen MR) is 67.3 cm³/mol. The van der Waals surface area contributed by atoms with Crippen LogP contribution in [0.3, 0.4) is 0 Å². The summed E-state index contributed by atoms with van der Waals surface area (Å²) in [5.74, 6) is 0.809. The Balaban J connectivity index is 2.25. The summed E-state index contributed by atoms with van der Waals surface area (Å²) in [6.45, 7) is 5.24. The van der Waals surface area contributed by atoms with Crippen molar-refractivity contribution in [3.8, 4) is 0 Å². The van der Waals surface area contributed by atoms with Crippen LogP contribution in [0.25, 0.3) is 0 Å². The number of sulfonamides is 1. The molecule has 4 nitrogen and oxygen atoms in total. The molecule has 1 aliphatic rings. The van der Waals surface area contributed by atoms with Crippen LogP contribution in [0.2, 0.25) is 0 Å². The molecule has 0 aliphatic carbocycles. The molecule has 2 unspecified atom stereocenters. The van der Waals surface area contributed by atoms with Crippen LogP contribution in [-0.4, -0.2) is 30.9 Å². The highest BCUT2D eigenvalue weighted by Gasteiger charge is 2.35. The molecule has 1 aliphatic heterocycles. The van der Waals surface area contributed by atoms with E-state index in [-0.39, 0.29) is 6.61 Å². The fourth-order valence-electron chi connectivity index (χ4n) is 1.98. The van der Waals surface area contributed by atoms with E-state index in [1.165, 1.54) is 0 Å². The third kappa shape index (κ3) is 2.40. The highest BCUT2D eigenvalue weighted by atomic mass is 32.2. The summed E-state index contributed by atoms with van der Waals surface area (Å²) in [5, 5.41) is 8.97. The van der Waals surface area contributed by atoms with Crippen molar-refractivity contribution in [2.24, 2.45) is 11.8 Å². The maximum atomic E-state index is 12.3. The van der Waals surface area contributed by atoms with E-state index >= 15 is 0 Å². The van der Waals surface area contributed by atoms with Gasteiger partial charge in [-0.2, -0.15) is 4.31 Å². The number of aliphatic hydroxyl groups is 1. The van der Waals surface area contributed by atoms with Crippen molar-refractivity contribution >= 4 is 21.4 Å². The van der Waals surface area contributed by atoms with Gasteiger partial charge in [-0.1, -0.05) is 13.8 Å². The molecule has 0 aromatic carbocycles. The van der Waals surface area contributed by atoms with Gasteiger partial charge in [-0.05, 0) is 24.0 Å². The van der Waals surface area contributed by atoms with E-state index in [0.717, 1.165) is 11.3 Å². The van der Waals surface area contributed by atoms with Crippen molar-refractivity contribution in [1.29, 1.82) is 0 Å². The molecule has 2 heterocycles. The number of aliphatic hydroxyl groups excluding tert-OH is 1. The van der Waals surface area contributed by atoms with Crippen molar-refractivity contribution in [1.82, 2.24) is 4.31 Å². The van der Waals surface area contributed by atoms with Crippen LogP contribution < -0.4 is 0 Å². The summed E-state index contributed by atoms with van der Waals surface area (Å²) in [6.07, 6.45) is 0. The molecular formula is C11H17NO3S2. The smallest absolute Gasteiger partial charge is 0.252 e. The first-order chi connectivity index (χ1) is 7.95. The molecule has 2 atom stereocenters. The van der Waals surface area contributed by atoms with E-state index in [1.54, 1.807) is 16.4 Å². The molecule has 0 bridgehead atoms. The van der Waals surface area contributed by atoms with Crippen LogP contribution in [0.4, 0.5) is 0 Å². The molecule has 0 spiro atoms. The summed E-state index contributed by atoms with van der Waals surface area (Å²) >= 11 is 1.15. The van der Waals surface area contributed by atoms with Gasteiger partial charge in [0.2, 0.25) is 0 Å². The minimum Gasteiger partial charge on any atom is -0.391 e. The number of thiophene rings is 1. The summed E-state index contributed by atoms with van der Waals surface area (Å²) in [4.78, 5) is 0.684. The van der Waals surface area contributed by atoms with Crippen LogP contribution in [-0.2, 0) is 16.6 Å². The molecule has 96 valence electrons. The van der Waals surface area contributed by atoms with Crippen LogP contribution in [0.15, 0.2) is 16.3 Å². The Morgan fingerprint density at radius 3 is 2.41 bits per heavy atom. The first-order valence-electron chi connectivity index (χ1n) is 5.65. The second-order valence-corrected chi connectivity index (χ2v) is 7.99. The van der Waals surface area contributed by atoms with Crippen LogP contribution >= 0.6 is 11.3 Å². The van der Waals surface area contributed by atoms with Crippen molar-refractivity contribution in [3.05, 3.63) is 17.0 Å². The maximum absolute atomic E-state index is 12.3. The average molecular weight is 275 g/mol. The Morgan fingerprint density at radius 1 is 1.35 bits per heavy atom. The van der Waals surface area contributed by atoms with E-state index in [9.17, 15) is 8.42 Å². The van der Waals surface area contributed by atoms with E-state index in [0.29, 0.717) is 34.0 Å². The van der Waals surface area contributed by atoms with Crippen molar-refractivity contribution in [3.63, 3.8) is 0 Å². The topological polar surface area (TPSA) is 57.6 Å². The third-order valence-corrected chi connectivity index (χ3v) is 6.71. The molecular weight excluding hydrogens is 258 g/mol. The molecule has 0 radical (unpaired) electrons. The molecule has 1 aromatic rings. The minimum absolute atomic E-state index is 0.104. The summed E-state index contributed by atoms with van der Waals surface area (Å²) in [6, 6.07) is 3.25. The van der Waals surface area contributed by atoms with Crippen LogP contribution in [0.1, 0.15) is 18.7 Å². The lowest BCUT2D eigenvalue weighted by Crippen LogP contribution is -2.28. The number of nitrogens with zero attached hydrogens (tertiary/aromatic N) is 1. The fraction of sp³-hybridized carbons (Fsp3) is 0.636. The standard InChI is InChI=1S/C11H17NO3S2/c1-8-5-12(6-9(8)2)17(14,15)11-4-3-10(7-13)16-11/h3-4,8-9,13H,5-7H2,1-2H3. The van der Waals surface area contributed by atoms with Crippen LogP contribution in [0.5, 0.6) is 0 Å². The van der Waals surface area contributed by atoms with Gasteiger partial charge >= 0.3 is 0 Å². The van der Waals surface area contributed by atoms with Gasteiger partial charge in [0.05, 0.1) is 6.61 Å². The first kappa shape index (κ1) is 13.0. The fourth-order valence-corrected chi connectivity index (χ4v) is 4.99. The first-order valence-corrected chi connectivity index (χ1v) is 7.90. The Labute approximate surface area is 106 Å². The van der Waals surface area contributed by atoms with Gasteiger partial charge in [0.15, 0.2) is 0 Å². The molecule has 6 heteroatoms. The third-order valence-electron chi connectivity index (χ3n) is 3.34. The highest BCUT2D eigenvalue weighted by Crippen LogP contribution is 2.31.